The number of carbonyl (C=O) groups excluding carboxylic acids is 2. The van der Waals surface area contributed by atoms with Gasteiger partial charge in [0.15, 0.2) is 5.76 Å². The Bertz CT molecular complexity index is 1230. The molecule has 0 saturated carbocycles. The molecule has 0 saturated heterocycles. The number of ether oxygens (including phenoxy) is 2. The van der Waals surface area contributed by atoms with Crippen LogP contribution < -0.4 is 9.47 Å². The van der Waals surface area contributed by atoms with Gasteiger partial charge in [-0.3, -0.25) is 4.79 Å². The molecule has 0 atom stereocenters. The first-order valence-electron chi connectivity index (χ1n) is 8.85. The van der Waals surface area contributed by atoms with Crippen LogP contribution in [0.5, 0.6) is 11.5 Å². The van der Waals surface area contributed by atoms with Gasteiger partial charge in [-0.15, -0.1) is 0 Å². The number of allylic oxidation sites excluding steroid dienone is 1. The summed E-state index contributed by atoms with van der Waals surface area (Å²) in [4.78, 5) is 25.0. The van der Waals surface area contributed by atoms with Crippen LogP contribution in [0.3, 0.4) is 0 Å². The highest BCUT2D eigenvalue weighted by Crippen LogP contribution is 2.40. The lowest BCUT2D eigenvalue weighted by molar-refractivity contribution is 0.0728. The maximum Gasteiger partial charge on any atom is 0.346 e. The van der Waals surface area contributed by atoms with Gasteiger partial charge in [-0.1, -0.05) is 41.4 Å². The van der Waals surface area contributed by atoms with E-state index < -0.39 is 11.8 Å². The normalized spacial score (nSPS) is 13.9. The maximum atomic E-state index is 13.8. The number of ketones is 1. The monoisotopic (exact) mass is 442 g/mol. The van der Waals surface area contributed by atoms with Gasteiger partial charge >= 0.3 is 5.97 Å². The third-order valence-corrected chi connectivity index (χ3v) is 5.14. The standard InChI is InChI=1S/C23H13Cl2FO4/c1-12-19(30-23(28)15-4-2-3-5-18(15)26)9-8-16-21(27)20(29-22(12)16)10-13-6-7-14(24)11-17(13)25/h2-11H,1H3/b20-10-. The van der Waals surface area contributed by atoms with Crippen LogP contribution in [0.15, 0.2) is 60.4 Å². The molecule has 3 aromatic rings. The fraction of sp³-hybridized carbons (Fsp3) is 0.0435. The molecular weight excluding hydrogens is 430 g/mol. The highest BCUT2D eigenvalue weighted by molar-refractivity contribution is 6.35. The molecule has 0 unspecified atom stereocenters. The second-order valence-electron chi connectivity index (χ2n) is 6.54. The highest BCUT2D eigenvalue weighted by Gasteiger charge is 2.31. The topological polar surface area (TPSA) is 52.6 Å². The van der Waals surface area contributed by atoms with Gasteiger partial charge in [0.1, 0.15) is 17.3 Å². The molecule has 150 valence electrons. The lowest BCUT2D eigenvalue weighted by Crippen LogP contribution is -2.11. The second-order valence-corrected chi connectivity index (χ2v) is 7.38. The Morgan fingerprint density at radius 3 is 2.60 bits per heavy atom. The molecule has 0 fully saturated rings. The van der Waals surface area contributed by atoms with Crippen molar-refractivity contribution in [3.63, 3.8) is 0 Å². The SMILES string of the molecule is Cc1c(OC(=O)c2ccccc2F)ccc2c1O/C(=C\c1ccc(Cl)cc1Cl)C2=O. The fourth-order valence-corrected chi connectivity index (χ4v) is 3.48. The van der Waals surface area contributed by atoms with Crippen molar-refractivity contribution in [2.45, 2.75) is 6.92 Å². The minimum Gasteiger partial charge on any atom is -0.452 e. The third-order valence-electron chi connectivity index (χ3n) is 4.58. The molecule has 0 aromatic heterocycles. The molecular formula is C23H13Cl2FO4. The summed E-state index contributed by atoms with van der Waals surface area (Å²) in [6.07, 6.45) is 1.52. The van der Waals surface area contributed by atoms with Crippen molar-refractivity contribution in [1.29, 1.82) is 0 Å². The van der Waals surface area contributed by atoms with Crippen LogP contribution in [0, 0.1) is 12.7 Å². The molecule has 3 aromatic carbocycles. The number of rotatable bonds is 3. The quantitative estimate of drug-likeness (QED) is 0.272. The van der Waals surface area contributed by atoms with Gasteiger partial charge in [0, 0.05) is 15.6 Å². The van der Waals surface area contributed by atoms with Crippen molar-refractivity contribution in [1.82, 2.24) is 0 Å². The van der Waals surface area contributed by atoms with Crippen LogP contribution in [0.25, 0.3) is 6.08 Å². The van der Waals surface area contributed by atoms with Gasteiger partial charge in [0.05, 0.1) is 11.1 Å². The Morgan fingerprint density at radius 1 is 1.10 bits per heavy atom. The van der Waals surface area contributed by atoms with E-state index in [-0.39, 0.29) is 28.6 Å². The Labute approximate surface area is 181 Å². The maximum absolute atomic E-state index is 13.8. The molecule has 1 aliphatic rings. The van der Waals surface area contributed by atoms with Gasteiger partial charge in [-0.2, -0.15) is 0 Å². The molecule has 0 bridgehead atoms. The largest absolute Gasteiger partial charge is 0.452 e. The van der Waals surface area contributed by atoms with Crippen LogP contribution in [-0.2, 0) is 0 Å². The number of hydrogen-bond donors (Lipinski definition) is 0. The Balaban J connectivity index is 1.64. The Morgan fingerprint density at radius 2 is 1.87 bits per heavy atom. The van der Waals surface area contributed by atoms with Crippen LogP contribution in [0.4, 0.5) is 4.39 Å². The lowest BCUT2D eigenvalue weighted by Gasteiger charge is -2.10. The fourth-order valence-electron chi connectivity index (χ4n) is 3.02. The minimum atomic E-state index is -0.843. The van der Waals surface area contributed by atoms with E-state index in [1.807, 2.05) is 0 Å². The molecule has 0 radical (unpaired) electrons. The number of carbonyl (C=O) groups is 2. The summed E-state index contributed by atoms with van der Waals surface area (Å²) in [5.41, 5.74) is 1.15. The van der Waals surface area contributed by atoms with E-state index in [0.717, 1.165) is 0 Å². The van der Waals surface area contributed by atoms with Gasteiger partial charge < -0.3 is 9.47 Å². The first-order chi connectivity index (χ1) is 14.3. The number of benzene rings is 3. The summed E-state index contributed by atoms with van der Waals surface area (Å²) in [6, 6.07) is 13.4. The van der Waals surface area contributed by atoms with Gasteiger partial charge in [-0.25, -0.2) is 9.18 Å². The zero-order valence-electron chi connectivity index (χ0n) is 15.5. The van der Waals surface area contributed by atoms with Crippen LogP contribution in [0.1, 0.15) is 31.8 Å². The van der Waals surface area contributed by atoms with E-state index in [0.29, 0.717) is 26.7 Å². The summed E-state index contributed by atoms with van der Waals surface area (Å²) < 4.78 is 24.9. The molecule has 4 rings (SSSR count). The van der Waals surface area contributed by atoms with Crippen molar-refractivity contribution in [2.75, 3.05) is 0 Å². The van der Waals surface area contributed by atoms with Crippen molar-refractivity contribution in [3.8, 4) is 11.5 Å². The molecule has 4 nitrogen and oxygen atoms in total. The summed E-state index contributed by atoms with van der Waals surface area (Å²) in [6.45, 7) is 1.65. The number of halogens is 3. The van der Waals surface area contributed by atoms with Gasteiger partial charge in [-0.05, 0) is 55.0 Å². The Kier molecular flexibility index (Phi) is 5.33. The number of esters is 1. The first-order valence-corrected chi connectivity index (χ1v) is 9.60. The Hall–Kier alpha value is -3.15. The van der Waals surface area contributed by atoms with E-state index in [4.69, 9.17) is 32.7 Å². The zero-order chi connectivity index (χ0) is 21.4. The zero-order valence-corrected chi connectivity index (χ0v) is 17.1. The van der Waals surface area contributed by atoms with Crippen molar-refractivity contribution < 1.29 is 23.5 Å². The number of hydrogen-bond acceptors (Lipinski definition) is 4. The van der Waals surface area contributed by atoms with Crippen LogP contribution in [0.2, 0.25) is 10.0 Å². The van der Waals surface area contributed by atoms with Crippen LogP contribution in [-0.4, -0.2) is 11.8 Å². The molecule has 1 heterocycles. The van der Waals surface area contributed by atoms with E-state index in [1.54, 1.807) is 25.1 Å². The van der Waals surface area contributed by atoms with E-state index in [1.165, 1.54) is 42.5 Å². The predicted octanol–water partition coefficient (Wildman–Crippen LogP) is 6.28. The van der Waals surface area contributed by atoms with E-state index in [2.05, 4.69) is 0 Å². The molecule has 0 amide bonds. The summed E-state index contributed by atoms with van der Waals surface area (Å²) in [7, 11) is 0. The van der Waals surface area contributed by atoms with Crippen molar-refractivity contribution >= 4 is 41.0 Å². The van der Waals surface area contributed by atoms with Crippen molar-refractivity contribution in [3.05, 3.63) is 98.5 Å². The summed E-state index contributed by atoms with van der Waals surface area (Å²) in [5.74, 6) is -1.33. The molecule has 0 aliphatic carbocycles. The first kappa shape index (κ1) is 20.1. The smallest absolute Gasteiger partial charge is 0.346 e. The predicted molar refractivity (Wildman–Crippen MR) is 112 cm³/mol. The summed E-state index contributed by atoms with van der Waals surface area (Å²) in [5, 5.41) is 0.847. The van der Waals surface area contributed by atoms with E-state index >= 15 is 0 Å². The van der Waals surface area contributed by atoms with Crippen LogP contribution >= 0.6 is 23.2 Å². The number of Topliss-reactive ketones (excluding diaryl/α,β-unsaturated/α-hetero) is 1. The molecule has 0 spiro atoms. The molecule has 1 aliphatic heterocycles. The summed E-state index contributed by atoms with van der Waals surface area (Å²) >= 11 is 12.1. The molecule has 30 heavy (non-hydrogen) atoms. The second kappa shape index (κ2) is 7.94. The van der Waals surface area contributed by atoms with Gasteiger partial charge in [0.2, 0.25) is 5.78 Å². The highest BCUT2D eigenvalue weighted by atomic mass is 35.5. The third kappa shape index (κ3) is 3.70. The van der Waals surface area contributed by atoms with Crippen molar-refractivity contribution in [2.24, 2.45) is 0 Å². The molecule has 7 heteroatoms. The minimum absolute atomic E-state index is 0.0786. The number of fused-ring (bicyclic) bond motifs is 1. The average Bonchev–Trinajstić information content (AvgIpc) is 3.03. The lowest BCUT2D eigenvalue weighted by atomic mass is 10.1. The average molecular weight is 443 g/mol. The van der Waals surface area contributed by atoms with Gasteiger partial charge in [0.25, 0.3) is 0 Å². The molecule has 0 N–H and O–H groups in total. The van der Waals surface area contributed by atoms with E-state index in [9.17, 15) is 14.0 Å².